The van der Waals surface area contributed by atoms with Crippen LogP contribution >= 0.6 is 0 Å². The third kappa shape index (κ3) is 4.38. The van der Waals surface area contributed by atoms with E-state index in [-0.39, 0.29) is 0 Å². The molecule has 11 rings (SSSR count). The highest BCUT2D eigenvalue weighted by Gasteiger charge is 2.21. The molecule has 0 unspecified atom stereocenters. The lowest BCUT2D eigenvalue weighted by atomic mass is 9.85. The highest BCUT2D eigenvalue weighted by atomic mass is 16.3. The van der Waals surface area contributed by atoms with Crippen LogP contribution in [-0.2, 0) is 0 Å². The van der Waals surface area contributed by atoms with Gasteiger partial charge in [0.15, 0.2) is 0 Å². The predicted molar refractivity (Wildman–Crippen MR) is 218 cm³/mol. The van der Waals surface area contributed by atoms with E-state index in [0.717, 1.165) is 49.4 Å². The lowest BCUT2D eigenvalue weighted by molar-refractivity contribution is 0.656. The van der Waals surface area contributed by atoms with Crippen molar-refractivity contribution in [1.82, 2.24) is 0 Å². The molecule has 0 saturated carbocycles. The van der Waals surface area contributed by atoms with E-state index in [4.69, 9.17) is 8.83 Å². The molecule has 0 bridgehead atoms. The van der Waals surface area contributed by atoms with Gasteiger partial charge in [0.2, 0.25) is 0 Å². The molecule has 52 heavy (non-hydrogen) atoms. The molecule has 0 aliphatic heterocycles. The summed E-state index contributed by atoms with van der Waals surface area (Å²) in [4.78, 5) is 0. The van der Waals surface area contributed by atoms with Gasteiger partial charge >= 0.3 is 0 Å². The molecule has 9 aromatic carbocycles. The van der Waals surface area contributed by atoms with Crippen molar-refractivity contribution in [3.05, 3.63) is 182 Å². The molecule has 0 N–H and O–H groups in total. The molecule has 0 spiro atoms. The van der Waals surface area contributed by atoms with Crippen molar-refractivity contribution in [2.75, 3.05) is 0 Å². The normalized spacial score (nSPS) is 11.8. The standard InChI is InChI=1S/C50H30O2/c1-2-11-31(12-3-1)32-21-23-33(24-22-32)34-25-27-35(28-26-34)48-37-14-4-6-16-39(37)49(40-17-7-5-15-38(40)48)42-19-10-18-41-44-29-43-36-13-8-9-20-45(36)51-46(43)30-47(44)52-50(41)42/h1-30H. The Morgan fingerprint density at radius 3 is 1.35 bits per heavy atom. The first-order valence-electron chi connectivity index (χ1n) is 17.8. The van der Waals surface area contributed by atoms with E-state index >= 15 is 0 Å². The van der Waals surface area contributed by atoms with E-state index in [1.807, 2.05) is 12.1 Å². The van der Waals surface area contributed by atoms with Crippen LogP contribution in [0.15, 0.2) is 191 Å². The fourth-order valence-electron chi connectivity index (χ4n) is 8.26. The molecule has 0 radical (unpaired) electrons. The molecule has 0 fully saturated rings. The van der Waals surface area contributed by atoms with Gasteiger partial charge in [0.1, 0.15) is 22.3 Å². The molecule has 2 nitrogen and oxygen atoms in total. The SMILES string of the molecule is c1ccc(-c2ccc(-c3ccc(-c4c5ccccc5c(-c5cccc6c5oc5cc7oc8ccccc8c7cc56)c5ccccc45)cc3)cc2)cc1. The third-order valence-electron chi connectivity index (χ3n) is 10.7. The Morgan fingerprint density at radius 2 is 0.712 bits per heavy atom. The largest absolute Gasteiger partial charge is 0.456 e. The van der Waals surface area contributed by atoms with Crippen LogP contribution in [0.2, 0.25) is 0 Å². The quantitative estimate of drug-likeness (QED) is 0.175. The molecule has 0 amide bonds. The van der Waals surface area contributed by atoms with E-state index in [0.29, 0.717) is 0 Å². The fourth-order valence-corrected chi connectivity index (χ4v) is 8.26. The van der Waals surface area contributed by atoms with Gasteiger partial charge in [-0.15, -0.1) is 0 Å². The van der Waals surface area contributed by atoms with Crippen LogP contribution < -0.4 is 0 Å². The van der Waals surface area contributed by atoms with Crippen molar-refractivity contribution in [3.63, 3.8) is 0 Å². The van der Waals surface area contributed by atoms with E-state index in [2.05, 4.69) is 170 Å². The molecular formula is C50H30O2. The Bertz CT molecular complexity index is 3090. The maximum atomic E-state index is 6.78. The molecule has 0 aliphatic rings. The summed E-state index contributed by atoms with van der Waals surface area (Å²) in [6, 6.07) is 65.1. The van der Waals surface area contributed by atoms with Crippen molar-refractivity contribution >= 4 is 65.4 Å². The Morgan fingerprint density at radius 1 is 0.250 bits per heavy atom. The van der Waals surface area contributed by atoms with Gasteiger partial charge in [-0.3, -0.25) is 0 Å². The lowest BCUT2D eigenvalue weighted by Crippen LogP contribution is -1.91. The summed E-state index contributed by atoms with van der Waals surface area (Å²) in [6.45, 7) is 0. The van der Waals surface area contributed by atoms with E-state index in [1.165, 1.54) is 60.5 Å². The Balaban J connectivity index is 1.08. The second-order valence-electron chi connectivity index (χ2n) is 13.6. The minimum Gasteiger partial charge on any atom is -0.456 e. The maximum absolute atomic E-state index is 6.78. The number of benzene rings is 9. The summed E-state index contributed by atoms with van der Waals surface area (Å²) in [5.41, 5.74) is 13.0. The van der Waals surface area contributed by atoms with Crippen molar-refractivity contribution in [3.8, 4) is 44.5 Å². The zero-order valence-electron chi connectivity index (χ0n) is 28.1. The maximum Gasteiger partial charge on any atom is 0.143 e. The van der Waals surface area contributed by atoms with Gasteiger partial charge in [0, 0.05) is 38.7 Å². The Labute approximate surface area is 299 Å². The smallest absolute Gasteiger partial charge is 0.143 e. The van der Waals surface area contributed by atoms with Gasteiger partial charge in [-0.25, -0.2) is 0 Å². The number of fused-ring (bicyclic) bond motifs is 8. The van der Waals surface area contributed by atoms with E-state index < -0.39 is 0 Å². The number of furan rings is 2. The van der Waals surface area contributed by atoms with Crippen LogP contribution in [0, 0.1) is 0 Å². The zero-order chi connectivity index (χ0) is 34.2. The Hall–Kier alpha value is -6.90. The van der Waals surface area contributed by atoms with Gasteiger partial charge in [-0.1, -0.05) is 164 Å². The summed E-state index contributed by atoms with van der Waals surface area (Å²) < 4.78 is 13.0. The number of hydrogen-bond acceptors (Lipinski definition) is 2. The van der Waals surface area contributed by atoms with Crippen LogP contribution in [0.1, 0.15) is 0 Å². The highest BCUT2D eigenvalue weighted by Crippen LogP contribution is 2.47. The monoisotopic (exact) mass is 662 g/mol. The van der Waals surface area contributed by atoms with Gasteiger partial charge in [0.05, 0.1) is 0 Å². The van der Waals surface area contributed by atoms with E-state index in [9.17, 15) is 0 Å². The Kier molecular flexibility index (Phi) is 6.28. The van der Waals surface area contributed by atoms with Crippen molar-refractivity contribution in [1.29, 1.82) is 0 Å². The van der Waals surface area contributed by atoms with Crippen LogP contribution in [0.4, 0.5) is 0 Å². The topological polar surface area (TPSA) is 26.3 Å². The number of rotatable bonds is 4. The summed E-state index contributed by atoms with van der Waals surface area (Å²) in [6.07, 6.45) is 0. The van der Waals surface area contributed by atoms with Gasteiger partial charge in [-0.05, 0) is 67.1 Å². The minimum atomic E-state index is 0.828. The van der Waals surface area contributed by atoms with Gasteiger partial charge in [-0.2, -0.15) is 0 Å². The summed E-state index contributed by atoms with van der Waals surface area (Å²) in [5.74, 6) is 0. The minimum absolute atomic E-state index is 0.828. The van der Waals surface area contributed by atoms with Crippen LogP contribution in [0.3, 0.4) is 0 Å². The van der Waals surface area contributed by atoms with Crippen LogP contribution in [-0.4, -0.2) is 0 Å². The second-order valence-corrected chi connectivity index (χ2v) is 13.6. The number of hydrogen-bond donors (Lipinski definition) is 0. The molecule has 2 aromatic heterocycles. The second kappa shape index (κ2) is 11.3. The van der Waals surface area contributed by atoms with Crippen LogP contribution in [0.5, 0.6) is 0 Å². The molecule has 0 atom stereocenters. The van der Waals surface area contributed by atoms with Crippen molar-refractivity contribution in [2.45, 2.75) is 0 Å². The third-order valence-corrected chi connectivity index (χ3v) is 10.7. The van der Waals surface area contributed by atoms with Crippen molar-refractivity contribution in [2.24, 2.45) is 0 Å². The molecule has 2 heteroatoms. The fraction of sp³-hybridized carbons (Fsp3) is 0. The molecular weight excluding hydrogens is 633 g/mol. The van der Waals surface area contributed by atoms with Crippen molar-refractivity contribution < 1.29 is 8.83 Å². The van der Waals surface area contributed by atoms with E-state index in [1.54, 1.807) is 0 Å². The predicted octanol–water partition coefficient (Wildman–Crippen LogP) is 14.5. The molecule has 0 aliphatic carbocycles. The highest BCUT2D eigenvalue weighted by molar-refractivity contribution is 6.25. The average molecular weight is 663 g/mol. The first-order valence-corrected chi connectivity index (χ1v) is 17.8. The summed E-state index contributed by atoms with van der Waals surface area (Å²) in [5, 5.41) is 9.24. The molecule has 11 aromatic rings. The summed E-state index contributed by atoms with van der Waals surface area (Å²) in [7, 11) is 0. The van der Waals surface area contributed by atoms with Crippen LogP contribution in [0.25, 0.3) is 110 Å². The number of para-hydroxylation sites is 2. The van der Waals surface area contributed by atoms with Gasteiger partial charge < -0.3 is 8.83 Å². The summed E-state index contributed by atoms with van der Waals surface area (Å²) >= 11 is 0. The first-order chi connectivity index (χ1) is 25.8. The zero-order valence-corrected chi connectivity index (χ0v) is 28.1. The van der Waals surface area contributed by atoms with Gasteiger partial charge in [0.25, 0.3) is 0 Å². The molecule has 2 heterocycles. The average Bonchev–Trinajstić information content (AvgIpc) is 3.77. The molecule has 242 valence electrons. The molecule has 0 saturated heterocycles. The lowest BCUT2D eigenvalue weighted by Gasteiger charge is -2.18. The first kappa shape index (κ1) is 28.9.